The molecule has 3 aromatic rings. The van der Waals surface area contributed by atoms with E-state index in [4.69, 9.17) is 9.84 Å². The van der Waals surface area contributed by atoms with Crippen molar-refractivity contribution >= 4 is 11.7 Å². The quantitative estimate of drug-likeness (QED) is 0.514. The highest BCUT2D eigenvalue weighted by atomic mass is 16.5. The van der Waals surface area contributed by atoms with Crippen molar-refractivity contribution in [2.24, 2.45) is 0 Å². The summed E-state index contributed by atoms with van der Waals surface area (Å²) in [6, 6.07) is 21.9. The van der Waals surface area contributed by atoms with Gasteiger partial charge in [-0.1, -0.05) is 61.5 Å². The first-order valence-corrected chi connectivity index (χ1v) is 10.5. The van der Waals surface area contributed by atoms with Gasteiger partial charge in [-0.2, -0.15) is 0 Å². The number of aromatic nitrogens is 1. The first-order chi connectivity index (χ1) is 15.1. The number of carbonyl (C=O) groups is 1. The van der Waals surface area contributed by atoms with Crippen LogP contribution in [-0.2, 0) is 11.2 Å². The number of benzene rings is 2. The van der Waals surface area contributed by atoms with Crippen molar-refractivity contribution < 1.29 is 14.6 Å². The monoisotopic (exact) mass is 417 g/mol. The summed E-state index contributed by atoms with van der Waals surface area (Å²) in [6.07, 6.45) is 1.66. The number of carboxylic acid groups (broad SMARTS) is 1. The van der Waals surface area contributed by atoms with Crippen molar-refractivity contribution in [3.63, 3.8) is 0 Å². The Hall–Kier alpha value is -3.38. The first-order valence-electron chi connectivity index (χ1n) is 10.5. The van der Waals surface area contributed by atoms with Crippen LogP contribution >= 0.6 is 0 Å². The van der Waals surface area contributed by atoms with E-state index in [1.54, 1.807) is 6.20 Å². The molecule has 6 heteroatoms. The van der Waals surface area contributed by atoms with E-state index >= 15 is 0 Å². The molecule has 4 rings (SSSR count). The van der Waals surface area contributed by atoms with Crippen LogP contribution in [0.2, 0.25) is 0 Å². The van der Waals surface area contributed by atoms with Crippen LogP contribution in [0.25, 0.3) is 0 Å². The lowest BCUT2D eigenvalue weighted by molar-refractivity contribution is -0.136. The normalized spacial score (nSPS) is 17.0. The van der Waals surface area contributed by atoms with Gasteiger partial charge in [0.2, 0.25) is 5.88 Å². The fourth-order valence-corrected chi connectivity index (χ4v) is 3.93. The zero-order valence-corrected chi connectivity index (χ0v) is 17.5. The average Bonchev–Trinajstić information content (AvgIpc) is 2.79. The molecule has 0 saturated carbocycles. The molecule has 0 radical (unpaired) electrons. The Labute approximate surface area is 182 Å². The molecule has 3 N–H and O–H groups in total. The third kappa shape index (κ3) is 5.22. The molecule has 1 aliphatic heterocycles. The highest BCUT2D eigenvalue weighted by Crippen LogP contribution is 2.31. The number of nitrogens with one attached hydrogen (secondary N) is 2. The Morgan fingerprint density at radius 1 is 1.16 bits per heavy atom. The van der Waals surface area contributed by atoms with Crippen molar-refractivity contribution in [1.29, 1.82) is 0 Å². The molecule has 0 aliphatic carbocycles. The second kappa shape index (κ2) is 9.62. The van der Waals surface area contributed by atoms with Gasteiger partial charge < -0.3 is 20.5 Å². The lowest BCUT2D eigenvalue weighted by Crippen LogP contribution is -2.43. The minimum atomic E-state index is -0.817. The van der Waals surface area contributed by atoms with Gasteiger partial charge in [-0.15, -0.1) is 0 Å². The number of hydrogen-bond donors (Lipinski definition) is 3. The van der Waals surface area contributed by atoms with Crippen LogP contribution in [0, 0.1) is 0 Å². The maximum Gasteiger partial charge on any atom is 0.307 e. The van der Waals surface area contributed by atoms with Crippen LogP contribution in [-0.4, -0.2) is 35.3 Å². The van der Waals surface area contributed by atoms with Gasteiger partial charge in [-0.05, 0) is 34.7 Å². The van der Waals surface area contributed by atoms with Crippen LogP contribution < -0.4 is 15.4 Å². The second-order valence-corrected chi connectivity index (χ2v) is 7.91. The lowest BCUT2D eigenvalue weighted by Gasteiger charge is -2.33. The SMILES string of the molecule is C[C@H](CN[C@H](c1ccccc1)[C@@H]1CNc2cccnc2O1)c1cccc(CC(=O)O)c1. The van der Waals surface area contributed by atoms with Crippen molar-refractivity contribution in [2.75, 3.05) is 18.4 Å². The summed E-state index contributed by atoms with van der Waals surface area (Å²) in [5.74, 6) is 0.0146. The topological polar surface area (TPSA) is 83.5 Å². The fourth-order valence-electron chi connectivity index (χ4n) is 3.93. The highest BCUT2D eigenvalue weighted by Gasteiger charge is 2.29. The largest absolute Gasteiger partial charge is 0.481 e. The van der Waals surface area contributed by atoms with E-state index in [0.29, 0.717) is 12.4 Å². The standard InChI is InChI=1S/C25H27N3O3/c1-17(20-10-5-7-18(13-20)14-23(29)30)15-28-24(19-8-3-2-4-9-19)22-16-27-21-11-6-12-26-25(21)31-22/h2-13,17,22,24,27-28H,14-16H2,1H3,(H,29,30)/t17-,22+,24-/m1/s1. The van der Waals surface area contributed by atoms with E-state index in [-0.39, 0.29) is 24.5 Å². The molecule has 160 valence electrons. The molecule has 0 bridgehead atoms. The Kier molecular flexibility index (Phi) is 6.48. The number of nitrogens with zero attached hydrogens (tertiary/aromatic N) is 1. The molecule has 0 spiro atoms. The Morgan fingerprint density at radius 2 is 1.97 bits per heavy atom. The van der Waals surface area contributed by atoms with Crippen LogP contribution in [0.3, 0.4) is 0 Å². The van der Waals surface area contributed by atoms with Gasteiger partial charge in [-0.25, -0.2) is 4.98 Å². The van der Waals surface area contributed by atoms with Gasteiger partial charge in [0, 0.05) is 12.7 Å². The van der Waals surface area contributed by atoms with Crippen LogP contribution in [0.5, 0.6) is 5.88 Å². The summed E-state index contributed by atoms with van der Waals surface area (Å²) in [4.78, 5) is 15.4. The minimum absolute atomic E-state index is 0.0199. The smallest absolute Gasteiger partial charge is 0.307 e. The summed E-state index contributed by atoms with van der Waals surface area (Å²) in [6.45, 7) is 3.55. The Bertz CT molecular complexity index is 1030. The lowest BCUT2D eigenvalue weighted by atomic mass is 9.95. The van der Waals surface area contributed by atoms with Gasteiger partial charge >= 0.3 is 5.97 Å². The van der Waals surface area contributed by atoms with Crippen LogP contribution in [0.15, 0.2) is 72.9 Å². The Morgan fingerprint density at radius 3 is 2.77 bits per heavy atom. The van der Waals surface area contributed by atoms with Crippen molar-refractivity contribution in [3.8, 4) is 5.88 Å². The molecule has 31 heavy (non-hydrogen) atoms. The van der Waals surface area contributed by atoms with Gasteiger partial charge in [-0.3, -0.25) is 4.79 Å². The van der Waals surface area contributed by atoms with Gasteiger partial charge in [0.15, 0.2) is 0 Å². The number of fused-ring (bicyclic) bond motifs is 1. The maximum absolute atomic E-state index is 11.0. The van der Waals surface area contributed by atoms with Gasteiger partial charge in [0.1, 0.15) is 6.10 Å². The van der Waals surface area contributed by atoms with E-state index in [9.17, 15) is 4.79 Å². The van der Waals surface area contributed by atoms with E-state index in [0.717, 1.165) is 28.9 Å². The van der Waals surface area contributed by atoms with E-state index < -0.39 is 5.97 Å². The molecule has 1 aromatic heterocycles. The predicted octanol–water partition coefficient (Wildman–Crippen LogP) is 4.02. The molecular formula is C25H27N3O3. The number of pyridine rings is 1. The molecule has 2 heterocycles. The van der Waals surface area contributed by atoms with E-state index in [2.05, 4.69) is 34.7 Å². The van der Waals surface area contributed by atoms with Crippen LogP contribution in [0.4, 0.5) is 5.69 Å². The average molecular weight is 418 g/mol. The third-order valence-corrected chi connectivity index (χ3v) is 5.58. The summed E-state index contributed by atoms with van der Waals surface area (Å²) in [5, 5.41) is 16.2. The Balaban J connectivity index is 1.49. The predicted molar refractivity (Wildman–Crippen MR) is 121 cm³/mol. The van der Waals surface area contributed by atoms with Crippen molar-refractivity contribution in [3.05, 3.63) is 89.6 Å². The van der Waals surface area contributed by atoms with E-state index in [1.165, 1.54) is 0 Å². The molecule has 0 saturated heterocycles. The van der Waals surface area contributed by atoms with Crippen molar-refractivity contribution in [1.82, 2.24) is 10.3 Å². The fraction of sp³-hybridized carbons (Fsp3) is 0.280. The molecule has 0 amide bonds. The number of carboxylic acids is 1. The third-order valence-electron chi connectivity index (χ3n) is 5.58. The van der Waals surface area contributed by atoms with E-state index in [1.807, 2.05) is 54.6 Å². The summed E-state index contributed by atoms with van der Waals surface area (Å²) < 4.78 is 6.25. The molecular weight excluding hydrogens is 390 g/mol. The molecule has 1 aliphatic rings. The highest BCUT2D eigenvalue weighted by molar-refractivity contribution is 5.70. The summed E-state index contributed by atoms with van der Waals surface area (Å²) >= 11 is 0. The molecule has 0 fully saturated rings. The molecule has 0 unspecified atom stereocenters. The zero-order chi connectivity index (χ0) is 21.6. The summed E-state index contributed by atoms with van der Waals surface area (Å²) in [5.41, 5.74) is 4.00. The number of anilines is 1. The number of ether oxygens (including phenoxy) is 1. The molecule has 3 atom stereocenters. The zero-order valence-electron chi connectivity index (χ0n) is 17.5. The van der Waals surface area contributed by atoms with Crippen molar-refractivity contribution in [2.45, 2.75) is 31.4 Å². The molecule has 6 nitrogen and oxygen atoms in total. The number of hydrogen-bond acceptors (Lipinski definition) is 5. The minimum Gasteiger partial charge on any atom is -0.481 e. The van der Waals surface area contributed by atoms with Gasteiger partial charge in [0.25, 0.3) is 0 Å². The van der Waals surface area contributed by atoms with Gasteiger partial charge in [0.05, 0.1) is 24.7 Å². The maximum atomic E-state index is 11.0. The second-order valence-electron chi connectivity index (χ2n) is 7.91. The summed E-state index contributed by atoms with van der Waals surface area (Å²) in [7, 11) is 0. The van der Waals surface area contributed by atoms with Crippen LogP contribution in [0.1, 0.15) is 35.6 Å². The molecule has 2 aromatic carbocycles. The number of aliphatic carboxylic acids is 1. The number of rotatable bonds is 8. The first kappa shape index (κ1) is 20.9.